The number of ether oxygens (including phenoxy) is 2. The highest BCUT2D eigenvalue weighted by atomic mass is 19.1. The van der Waals surface area contributed by atoms with Crippen LogP contribution in [0.15, 0.2) is 18.2 Å². The van der Waals surface area contributed by atoms with E-state index in [4.69, 9.17) is 9.47 Å². The van der Waals surface area contributed by atoms with Gasteiger partial charge in [-0.05, 0) is 19.1 Å². The standard InChI is InChI=1S/C14H18FNO4/c1-10(17)12-3-2-11(15)8-13(12)20-9-14(18)16-4-6-19-7-5-16/h2-3,8,10,17H,4-7,9H2,1H3. The van der Waals surface area contributed by atoms with E-state index in [1.54, 1.807) is 11.8 Å². The van der Waals surface area contributed by atoms with Gasteiger partial charge in [0.2, 0.25) is 0 Å². The quantitative estimate of drug-likeness (QED) is 0.899. The zero-order valence-electron chi connectivity index (χ0n) is 11.3. The highest BCUT2D eigenvalue weighted by Crippen LogP contribution is 2.26. The minimum Gasteiger partial charge on any atom is -0.483 e. The van der Waals surface area contributed by atoms with Crippen molar-refractivity contribution in [2.45, 2.75) is 13.0 Å². The second-order valence-electron chi connectivity index (χ2n) is 4.64. The van der Waals surface area contributed by atoms with E-state index in [0.717, 1.165) is 0 Å². The fourth-order valence-corrected chi connectivity index (χ4v) is 2.02. The Bertz CT molecular complexity index is 472. The predicted octanol–water partition coefficient (Wildman–Crippen LogP) is 1.12. The second-order valence-corrected chi connectivity index (χ2v) is 4.64. The third-order valence-corrected chi connectivity index (χ3v) is 3.14. The van der Waals surface area contributed by atoms with Crippen LogP contribution in [0.2, 0.25) is 0 Å². The minimum absolute atomic E-state index is 0.172. The fraction of sp³-hybridized carbons (Fsp3) is 0.500. The Hall–Kier alpha value is -1.66. The van der Waals surface area contributed by atoms with Gasteiger partial charge in [0.05, 0.1) is 19.3 Å². The largest absolute Gasteiger partial charge is 0.483 e. The molecule has 1 fully saturated rings. The fourth-order valence-electron chi connectivity index (χ4n) is 2.02. The summed E-state index contributed by atoms with van der Waals surface area (Å²) in [5.74, 6) is -0.445. The van der Waals surface area contributed by atoms with Gasteiger partial charge in [0.25, 0.3) is 5.91 Å². The summed E-state index contributed by atoms with van der Waals surface area (Å²) >= 11 is 0. The molecule has 2 rings (SSSR count). The summed E-state index contributed by atoms with van der Waals surface area (Å²) in [5.41, 5.74) is 0.459. The first-order valence-electron chi connectivity index (χ1n) is 6.54. The van der Waals surface area contributed by atoms with Gasteiger partial charge in [-0.1, -0.05) is 0 Å². The SMILES string of the molecule is CC(O)c1ccc(F)cc1OCC(=O)N1CCOCC1. The van der Waals surface area contributed by atoms with Crippen LogP contribution in [-0.2, 0) is 9.53 Å². The highest BCUT2D eigenvalue weighted by molar-refractivity contribution is 5.77. The third-order valence-electron chi connectivity index (χ3n) is 3.14. The van der Waals surface area contributed by atoms with Gasteiger partial charge in [-0.25, -0.2) is 4.39 Å². The first-order chi connectivity index (χ1) is 9.58. The molecule has 0 spiro atoms. The predicted molar refractivity (Wildman–Crippen MR) is 69.9 cm³/mol. The van der Waals surface area contributed by atoms with Crippen molar-refractivity contribution < 1.29 is 23.8 Å². The van der Waals surface area contributed by atoms with Gasteiger partial charge in [0, 0.05) is 24.7 Å². The Morgan fingerprint density at radius 3 is 2.85 bits per heavy atom. The van der Waals surface area contributed by atoms with Crippen molar-refractivity contribution in [3.05, 3.63) is 29.6 Å². The van der Waals surface area contributed by atoms with Crippen molar-refractivity contribution in [3.63, 3.8) is 0 Å². The lowest BCUT2D eigenvalue weighted by Gasteiger charge is -2.27. The molecule has 1 amide bonds. The molecule has 1 saturated heterocycles. The molecule has 5 nitrogen and oxygen atoms in total. The number of hydrogen-bond acceptors (Lipinski definition) is 4. The van der Waals surface area contributed by atoms with E-state index >= 15 is 0 Å². The number of morpholine rings is 1. The number of rotatable bonds is 4. The van der Waals surface area contributed by atoms with Crippen molar-refractivity contribution in [2.24, 2.45) is 0 Å². The number of carbonyl (C=O) groups excluding carboxylic acids is 1. The van der Waals surface area contributed by atoms with E-state index in [9.17, 15) is 14.3 Å². The lowest BCUT2D eigenvalue weighted by molar-refractivity contribution is -0.137. The summed E-state index contributed by atoms with van der Waals surface area (Å²) in [6.45, 7) is 3.49. The van der Waals surface area contributed by atoms with Crippen LogP contribution >= 0.6 is 0 Å². The molecule has 0 saturated carbocycles. The number of hydrogen-bond donors (Lipinski definition) is 1. The zero-order valence-corrected chi connectivity index (χ0v) is 11.3. The van der Waals surface area contributed by atoms with Crippen LogP contribution in [-0.4, -0.2) is 48.8 Å². The van der Waals surface area contributed by atoms with Crippen LogP contribution in [0.3, 0.4) is 0 Å². The van der Waals surface area contributed by atoms with E-state index in [1.165, 1.54) is 18.2 Å². The molecule has 1 aliphatic rings. The first-order valence-corrected chi connectivity index (χ1v) is 6.54. The Labute approximate surface area is 116 Å². The molecular formula is C14H18FNO4. The summed E-state index contributed by atoms with van der Waals surface area (Å²) in [6.07, 6.45) is -0.788. The minimum atomic E-state index is -0.788. The Morgan fingerprint density at radius 1 is 1.50 bits per heavy atom. The van der Waals surface area contributed by atoms with Crippen LogP contribution in [0.4, 0.5) is 4.39 Å². The summed E-state index contributed by atoms with van der Waals surface area (Å²) < 4.78 is 23.7. The molecule has 1 aromatic rings. The molecule has 1 atom stereocenters. The molecule has 1 unspecified atom stereocenters. The van der Waals surface area contributed by atoms with Gasteiger partial charge in [0.15, 0.2) is 6.61 Å². The van der Waals surface area contributed by atoms with Gasteiger partial charge < -0.3 is 19.5 Å². The Kier molecular flexibility index (Phi) is 4.92. The molecule has 0 bridgehead atoms. The van der Waals surface area contributed by atoms with Crippen molar-refractivity contribution in [1.29, 1.82) is 0 Å². The maximum absolute atomic E-state index is 13.2. The van der Waals surface area contributed by atoms with E-state index in [0.29, 0.717) is 31.9 Å². The maximum Gasteiger partial charge on any atom is 0.260 e. The smallest absolute Gasteiger partial charge is 0.260 e. The topological polar surface area (TPSA) is 59.0 Å². The Balaban J connectivity index is 1.99. The van der Waals surface area contributed by atoms with Crippen molar-refractivity contribution in [3.8, 4) is 5.75 Å². The van der Waals surface area contributed by atoms with Gasteiger partial charge in [-0.15, -0.1) is 0 Å². The molecule has 110 valence electrons. The van der Waals surface area contributed by atoms with Crippen LogP contribution in [0.1, 0.15) is 18.6 Å². The molecular weight excluding hydrogens is 265 g/mol. The molecule has 1 aromatic carbocycles. The van der Waals surface area contributed by atoms with E-state index in [2.05, 4.69) is 0 Å². The molecule has 20 heavy (non-hydrogen) atoms. The van der Waals surface area contributed by atoms with Crippen molar-refractivity contribution >= 4 is 5.91 Å². The van der Waals surface area contributed by atoms with E-state index in [-0.39, 0.29) is 18.3 Å². The van der Waals surface area contributed by atoms with Gasteiger partial charge in [0.1, 0.15) is 11.6 Å². The number of nitrogens with zero attached hydrogens (tertiary/aromatic N) is 1. The van der Waals surface area contributed by atoms with Crippen LogP contribution in [0, 0.1) is 5.82 Å². The summed E-state index contributed by atoms with van der Waals surface area (Å²) in [4.78, 5) is 13.6. The molecule has 0 aromatic heterocycles. The number of carbonyl (C=O) groups is 1. The first kappa shape index (κ1) is 14.7. The normalized spacial score (nSPS) is 16.9. The molecule has 1 N–H and O–H groups in total. The lowest BCUT2D eigenvalue weighted by Crippen LogP contribution is -2.43. The zero-order chi connectivity index (χ0) is 14.5. The molecule has 1 heterocycles. The van der Waals surface area contributed by atoms with Gasteiger partial charge in [-0.3, -0.25) is 4.79 Å². The highest BCUT2D eigenvalue weighted by Gasteiger charge is 2.18. The van der Waals surface area contributed by atoms with E-state index in [1.807, 2.05) is 0 Å². The monoisotopic (exact) mass is 283 g/mol. The number of benzene rings is 1. The van der Waals surface area contributed by atoms with Crippen LogP contribution in [0.25, 0.3) is 0 Å². The van der Waals surface area contributed by atoms with Crippen LogP contribution in [0.5, 0.6) is 5.75 Å². The summed E-state index contributed by atoms with van der Waals surface area (Å²) in [5, 5.41) is 9.60. The maximum atomic E-state index is 13.2. The van der Waals surface area contributed by atoms with Crippen molar-refractivity contribution in [2.75, 3.05) is 32.9 Å². The summed E-state index contributed by atoms with van der Waals surface area (Å²) in [6, 6.07) is 3.88. The average Bonchev–Trinajstić information content (AvgIpc) is 2.45. The molecule has 6 heteroatoms. The third kappa shape index (κ3) is 3.68. The lowest BCUT2D eigenvalue weighted by atomic mass is 10.1. The molecule has 1 aliphatic heterocycles. The van der Waals surface area contributed by atoms with Gasteiger partial charge in [-0.2, -0.15) is 0 Å². The number of amides is 1. The average molecular weight is 283 g/mol. The molecule has 0 radical (unpaired) electrons. The number of halogens is 1. The second kappa shape index (κ2) is 6.67. The van der Waals surface area contributed by atoms with Gasteiger partial charge >= 0.3 is 0 Å². The Morgan fingerprint density at radius 2 is 2.20 bits per heavy atom. The van der Waals surface area contributed by atoms with E-state index < -0.39 is 11.9 Å². The number of aliphatic hydroxyl groups is 1. The van der Waals surface area contributed by atoms with Crippen molar-refractivity contribution in [1.82, 2.24) is 4.90 Å². The number of aliphatic hydroxyl groups excluding tert-OH is 1. The molecule has 0 aliphatic carbocycles. The summed E-state index contributed by atoms with van der Waals surface area (Å²) in [7, 11) is 0. The van der Waals surface area contributed by atoms with Crippen LogP contribution < -0.4 is 4.74 Å².